The van der Waals surface area contributed by atoms with Crippen molar-refractivity contribution in [1.82, 2.24) is 25.0 Å². The van der Waals surface area contributed by atoms with Crippen LogP contribution < -0.4 is 4.74 Å². The van der Waals surface area contributed by atoms with E-state index in [0.717, 1.165) is 0 Å². The Kier molecular flexibility index (Phi) is 5.67. The molecule has 0 bridgehead atoms. The molecule has 3 aromatic rings. The fourth-order valence-electron chi connectivity index (χ4n) is 2.21. The summed E-state index contributed by atoms with van der Waals surface area (Å²) in [6, 6.07) is 6.23. The Balaban J connectivity index is 1.75. The Morgan fingerprint density at radius 1 is 1.31 bits per heavy atom. The van der Waals surface area contributed by atoms with Crippen molar-refractivity contribution in [1.29, 1.82) is 0 Å². The number of benzene rings is 1. The fraction of sp³-hybridized carbons (Fsp3) is 0.294. The molecule has 1 atom stereocenters. The molecule has 2 aromatic heterocycles. The number of aromatic nitrogens is 5. The minimum absolute atomic E-state index is 0.0932. The van der Waals surface area contributed by atoms with Crippen LogP contribution in [0, 0.1) is 12.7 Å². The summed E-state index contributed by atoms with van der Waals surface area (Å²) in [5.74, 6) is 1.36. The van der Waals surface area contributed by atoms with Crippen LogP contribution in [0.2, 0.25) is 0 Å². The van der Waals surface area contributed by atoms with Gasteiger partial charge < -0.3 is 9.15 Å². The van der Waals surface area contributed by atoms with Crippen LogP contribution in [0.5, 0.6) is 5.75 Å². The van der Waals surface area contributed by atoms with Gasteiger partial charge in [0.2, 0.25) is 11.8 Å². The van der Waals surface area contributed by atoms with Gasteiger partial charge >= 0.3 is 0 Å². The van der Waals surface area contributed by atoms with E-state index in [2.05, 4.69) is 27.0 Å². The van der Waals surface area contributed by atoms with Gasteiger partial charge in [-0.3, -0.25) is 4.57 Å². The van der Waals surface area contributed by atoms with Crippen molar-refractivity contribution in [3.8, 4) is 5.75 Å². The normalized spacial score (nSPS) is 12.1. The van der Waals surface area contributed by atoms with Crippen LogP contribution in [0.3, 0.4) is 0 Å². The predicted octanol–water partition coefficient (Wildman–Crippen LogP) is 3.73. The molecule has 0 aliphatic rings. The van der Waals surface area contributed by atoms with Gasteiger partial charge in [0.05, 0.1) is 5.25 Å². The third kappa shape index (κ3) is 4.10. The maximum absolute atomic E-state index is 13.7. The van der Waals surface area contributed by atoms with E-state index in [1.54, 1.807) is 31.2 Å². The summed E-state index contributed by atoms with van der Waals surface area (Å²) in [6.07, 6.45) is 1.74. The van der Waals surface area contributed by atoms with E-state index < -0.39 is 5.82 Å². The van der Waals surface area contributed by atoms with Crippen LogP contribution >= 0.6 is 11.8 Å². The first kappa shape index (κ1) is 18.1. The van der Waals surface area contributed by atoms with Gasteiger partial charge in [0, 0.05) is 13.5 Å². The number of para-hydroxylation sites is 1. The zero-order valence-electron chi connectivity index (χ0n) is 14.4. The molecule has 0 spiro atoms. The molecule has 7 nitrogen and oxygen atoms in total. The number of allylic oxidation sites excluding steroid dienone is 1. The monoisotopic (exact) mass is 375 g/mol. The smallest absolute Gasteiger partial charge is 0.229 e. The number of rotatable bonds is 8. The third-order valence-electron chi connectivity index (χ3n) is 3.47. The van der Waals surface area contributed by atoms with Crippen LogP contribution in [0.4, 0.5) is 4.39 Å². The van der Waals surface area contributed by atoms with Crippen LogP contribution in [-0.2, 0) is 13.2 Å². The second-order valence-corrected chi connectivity index (χ2v) is 6.74. The third-order valence-corrected chi connectivity index (χ3v) is 4.54. The zero-order chi connectivity index (χ0) is 18.5. The van der Waals surface area contributed by atoms with Gasteiger partial charge in [-0.25, -0.2) is 4.39 Å². The Hall–Kier alpha value is -2.68. The van der Waals surface area contributed by atoms with E-state index in [1.807, 2.05) is 11.5 Å². The molecule has 0 radical (unpaired) electrons. The number of halogens is 1. The average Bonchev–Trinajstić information content (AvgIpc) is 3.22. The van der Waals surface area contributed by atoms with Gasteiger partial charge in [-0.2, -0.15) is 0 Å². The molecule has 3 rings (SSSR count). The van der Waals surface area contributed by atoms with Crippen molar-refractivity contribution in [3.63, 3.8) is 0 Å². The maximum atomic E-state index is 13.7. The van der Waals surface area contributed by atoms with Crippen molar-refractivity contribution in [2.75, 3.05) is 0 Å². The number of hydrogen-bond acceptors (Lipinski definition) is 7. The second kappa shape index (κ2) is 8.13. The molecule has 2 heterocycles. The average molecular weight is 375 g/mol. The summed E-state index contributed by atoms with van der Waals surface area (Å²) < 4.78 is 26.5. The fourth-order valence-corrected chi connectivity index (χ4v) is 3.12. The predicted molar refractivity (Wildman–Crippen MR) is 94.3 cm³/mol. The molecule has 0 aliphatic carbocycles. The highest BCUT2D eigenvalue weighted by atomic mass is 32.2. The van der Waals surface area contributed by atoms with E-state index >= 15 is 0 Å². The first-order valence-electron chi connectivity index (χ1n) is 7.95. The largest absolute Gasteiger partial charge is 0.483 e. The molecule has 0 aliphatic heterocycles. The zero-order valence-corrected chi connectivity index (χ0v) is 15.2. The quantitative estimate of drug-likeness (QED) is 0.438. The van der Waals surface area contributed by atoms with Crippen molar-refractivity contribution in [2.24, 2.45) is 0 Å². The van der Waals surface area contributed by atoms with Crippen molar-refractivity contribution in [3.05, 3.63) is 60.3 Å². The lowest BCUT2D eigenvalue weighted by Gasteiger charge is -2.11. The van der Waals surface area contributed by atoms with Crippen LogP contribution in [-0.4, -0.2) is 25.0 Å². The number of nitrogens with zero attached hydrogens (tertiary/aromatic N) is 5. The Labute approximate surface area is 154 Å². The highest BCUT2D eigenvalue weighted by Crippen LogP contribution is 2.33. The van der Waals surface area contributed by atoms with Crippen LogP contribution in [0.1, 0.15) is 29.8 Å². The summed E-state index contributed by atoms with van der Waals surface area (Å²) >= 11 is 1.44. The van der Waals surface area contributed by atoms with E-state index in [4.69, 9.17) is 9.15 Å². The summed E-state index contributed by atoms with van der Waals surface area (Å²) in [5.41, 5.74) is 0. The maximum Gasteiger partial charge on any atom is 0.229 e. The second-order valence-electron chi connectivity index (χ2n) is 5.44. The molecule has 0 saturated heterocycles. The Morgan fingerprint density at radius 2 is 2.12 bits per heavy atom. The van der Waals surface area contributed by atoms with Crippen molar-refractivity contribution in [2.45, 2.75) is 37.4 Å². The van der Waals surface area contributed by atoms with Crippen LogP contribution in [0.15, 0.2) is 46.5 Å². The van der Waals surface area contributed by atoms with Gasteiger partial charge in [0.15, 0.2) is 22.5 Å². The summed E-state index contributed by atoms with van der Waals surface area (Å²) in [7, 11) is 0. The Bertz CT molecular complexity index is 895. The van der Waals surface area contributed by atoms with Gasteiger partial charge in [0.25, 0.3) is 0 Å². The number of hydrogen-bond donors (Lipinski definition) is 0. The molecule has 0 fully saturated rings. The summed E-state index contributed by atoms with van der Waals surface area (Å²) in [4.78, 5) is 0. The molecule has 0 amide bonds. The topological polar surface area (TPSA) is 78.9 Å². The van der Waals surface area contributed by atoms with Gasteiger partial charge in [-0.15, -0.1) is 27.0 Å². The SMILES string of the molecule is C=CCn1c(COc2ccccc2F)nnc1SC(C)c1nnc(C)o1. The molecule has 0 saturated carbocycles. The van der Waals surface area contributed by atoms with E-state index in [1.165, 1.54) is 17.8 Å². The van der Waals surface area contributed by atoms with E-state index in [-0.39, 0.29) is 17.6 Å². The lowest BCUT2D eigenvalue weighted by Crippen LogP contribution is -2.08. The van der Waals surface area contributed by atoms with Gasteiger partial charge in [-0.05, 0) is 19.1 Å². The van der Waals surface area contributed by atoms with E-state index in [0.29, 0.717) is 29.3 Å². The molecule has 26 heavy (non-hydrogen) atoms. The number of thioether (sulfide) groups is 1. The van der Waals surface area contributed by atoms with Gasteiger partial charge in [-0.1, -0.05) is 30.0 Å². The molecule has 9 heteroatoms. The molecular weight excluding hydrogens is 357 g/mol. The highest BCUT2D eigenvalue weighted by molar-refractivity contribution is 7.99. The highest BCUT2D eigenvalue weighted by Gasteiger charge is 2.20. The minimum atomic E-state index is -0.419. The summed E-state index contributed by atoms with van der Waals surface area (Å²) in [6.45, 7) is 8.04. The number of aryl methyl sites for hydroxylation is 1. The van der Waals surface area contributed by atoms with E-state index in [9.17, 15) is 4.39 Å². The van der Waals surface area contributed by atoms with Crippen molar-refractivity contribution < 1.29 is 13.5 Å². The molecule has 1 aromatic carbocycles. The number of ether oxygens (including phenoxy) is 1. The van der Waals surface area contributed by atoms with Gasteiger partial charge in [0.1, 0.15) is 6.61 Å². The Morgan fingerprint density at radius 3 is 2.81 bits per heavy atom. The first-order chi connectivity index (χ1) is 12.6. The molecule has 136 valence electrons. The lowest BCUT2D eigenvalue weighted by molar-refractivity contribution is 0.275. The van der Waals surface area contributed by atoms with Crippen molar-refractivity contribution >= 4 is 11.8 Å². The minimum Gasteiger partial charge on any atom is -0.483 e. The molecular formula is C17H18FN5O2S. The lowest BCUT2D eigenvalue weighted by atomic mass is 10.3. The molecule has 0 N–H and O–H groups in total. The first-order valence-corrected chi connectivity index (χ1v) is 8.83. The van der Waals surface area contributed by atoms with Crippen LogP contribution in [0.25, 0.3) is 0 Å². The molecule has 1 unspecified atom stereocenters. The standard InChI is InChI=1S/C17H18FN5O2S/c1-4-9-23-15(10-24-14-8-6-5-7-13(14)18)20-22-17(23)26-11(2)16-21-19-12(3)25-16/h4-8,11H,1,9-10H2,2-3H3. The summed E-state index contributed by atoms with van der Waals surface area (Å²) in [5, 5.41) is 16.8.